The van der Waals surface area contributed by atoms with Crippen LogP contribution in [-0.4, -0.2) is 55.7 Å². The van der Waals surface area contributed by atoms with Gasteiger partial charge in [0, 0.05) is 30.9 Å². The number of amides is 1. The minimum Gasteiger partial charge on any atom is -0.465 e. The van der Waals surface area contributed by atoms with Crippen LogP contribution >= 0.6 is 11.3 Å². The van der Waals surface area contributed by atoms with Gasteiger partial charge in [-0.1, -0.05) is 0 Å². The number of hydrogen-bond acceptors (Lipinski definition) is 6. The van der Waals surface area contributed by atoms with Crippen LogP contribution in [0.25, 0.3) is 0 Å². The highest BCUT2D eigenvalue weighted by Crippen LogP contribution is 2.38. The summed E-state index contributed by atoms with van der Waals surface area (Å²) in [6, 6.07) is 0. The lowest BCUT2D eigenvalue weighted by Crippen LogP contribution is -2.46. The van der Waals surface area contributed by atoms with Gasteiger partial charge in [-0.25, -0.2) is 4.79 Å². The third-order valence-electron chi connectivity index (χ3n) is 4.96. The second-order valence-corrected chi connectivity index (χ2v) is 8.33. The number of morpholine rings is 1. The molecule has 0 aromatic carbocycles. The third kappa shape index (κ3) is 4.45. The van der Waals surface area contributed by atoms with Gasteiger partial charge < -0.3 is 14.8 Å². The molecule has 3 rings (SSSR count). The fourth-order valence-electron chi connectivity index (χ4n) is 3.89. The number of nitrogens with zero attached hydrogens (tertiary/aromatic N) is 1. The van der Waals surface area contributed by atoms with Gasteiger partial charge in [-0.3, -0.25) is 9.69 Å². The lowest BCUT2D eigenvalue weighted by atomic mass is 9.95. The summed E-state index contributed by atoms with van der Waals surface area (Å²) in [6.45, 7) is 6.50. The Bertz CT molecular complexity index is 663. The quantitative estimate of drug-likeness (QED) is 0.796. The van der Waals surface area contributed by atoms with Crippen molar-refractivity contribution in [2.75, 3.05) is 32.1 Å². The summed E-state index contributed by atoms with van der Waals surface area (Å²) in [4.78, 5) is 28.2. The van der Waals surface area contributed by atoms with Gasteiger partial charge in [-0.05, 0) is 45.1 Å². The van der Waals surface area contributed by atoms with E-state index in [9.17, 15) is 9.59 Å². The van der Waals surface area contributed by atoms with E-state index in [4.69, 9.17) is 9.47 Å². The van der Waals surface area contributed by atoms with Gasteiger partial charge in [0.05, 0.1) is 24.9 Å². The number of nitrogens with one attached hydrogen (secondary N) is 1. The van der Waals surface area contributed by atoms with Crippen molar-refractivity contribution in [3.05, 3.63) is 16.0 Å². The molecule has 1 aliphatic carbocycles. The minimum atomic E-state index is -0.351. The number of carbonyl (C=O) groups excluding carboxylic acids is 2. The summed E-state index contributed by atoms with van der Waals surface area (Å²) in [6.07, 6.45) is 4.86. The van der Waals surface area contributed by atoms with Gasteiger partial charge in [0.2, 0.25) is 5.91 Å². The van der Waals surface area contributed by atoms with E-state index in [1.807, 2.05) is 0 Å². The largest absolute Gasteiger partial charge is 0.465 e. The molecule has 2 aliphatic rings. The van der Waals surface area contributed by atoms with Crippen molar-refractivity contribution in [1.82, 2.24) is 4.90 Å². The Kier molecular flexibility index (Phi) is 6.32. The summed E-state index contributed by atoms with van der Waals surface area (Å²) < 4.78 is 10.7. The lowest BCUT2D eigenvalue weighted by Gasteiger charge is -2.35. The number of esters is 1. The third-order valence-corrected chi connectivity index (χ3v) is 6.17. The zero-order valence-corrected chi connectivity index (χ0v) is 16.6. The molecule has 2 atom stereocenters. The molecule has 1 aromatic rings. The molecule has 1 saturated heterocycles. The number of hydrogen-bond donors (Lipinski definition) is 1. The Morgan fingerprint density at radius 1 is 1.23 bits per heavy atom. The fraction of sp³-hybridized carbons (Fsp3) is 0.684. The van der Waals surface area contributed by atoms with E-state index in [2.05, 4.69) is 24.1 Å². The molecule has 0 radical (unpaired) electrons. The summed E-state index contributed by atoms with van der Waals surface area (Å²) in [5.41, 5.74) is 1.63. The average molecular weight is 381 g/mol. The molecule has 26 heavy (non-hydrogen) atoms. The number of aryl methyl sites for hydroxylation is 1. The van der Waals surface area contributed by atoms with E-state index < -0.39 is 0 Å². The van der Waals surface area contributed by atoms with Gasteiger partial charge in [0.25, 0.3) is 0 Å². The van der Waals surface area contributed by atoms with Gasteiger partial charge in [-0.15, -0.1) is 11.3 Å². The van der Waals surface area contributed by atoms with Crippen LogP contribution in [0, 0.1) is 0 Å². The Morgan fingerprint density at radius 2 is 1.92 bits per heavy atom. The molecule has 2 heterocycles. The highest BCUT2D eigenvalue weighted by Gasteiger charge is 2.27. The Hall–Kier alpha value is -1.44. The highest BCUT2D eigenvalue weighted by atomic mass is 32.1. The molecule has 144 valence electrons. The molecular formula is C19H28N2O4S. The van der Waals surface area contributed by atoms with E-state index in [1.165, 1.54) is 23.3 Å². The standard InChI is InChI=1S/C19H28N2O4S/c1-12-10-21(11-13(2)25-12)9-8-16(22)20-18-17(19(23)24-3)14-6-4-5-7-15(14)26-18/h12-13H,4-11H2,1-3H3,(H,20,22)/t12-,13-/m0/s1. The number of carbonyl (C=O) groups is 2. The maximum atomic E-state index is 12.5. The van der Waals surface area contributed by atoms with Crippen LogP contribution in [0.1, 0.15) is 53.9 Å². The Balaban J connectivity index is 1.64. The molecule has 1 aromatic heterocycles. The second-order valence-electron chi connectivity index (χ2n) is 7.22. The van der Waals surface area contributed by atoms with Gasteiger partial charge >= 0.3 is 5.97 Å². The first-order valence-corrected chi connectivity index (χ1v) is 10.2. The maximum Gasteiger partial charge on any atom is 0.341 e. The zero-order chi connectivity index (χ0) is 18.7. The smallest absolute Gasteiger partial charge is 0.341 e. The molecule has 6 nitrogen and oxygen atoms in total. The van der Waals surface area contributed by atoms with E-state index in [0.717, 1.165) is 44.3 Å². The predicted molar refractivity (Wildman–Crippen MR) is 102 cm³/mol. The normalized spacial score (nSPS) is 23.3. The highest BCUT2D eigenvalue weighted by molar-refractivity contribution is 7.17. The molecule has 0 unspecified atom stereocenters. The lowest BCUT2D eigenvalue weighted by molar-refractivity contribution is -0.117. The van der Waals surface area contributed by atoms with Crippen molar-refractivity contribution in [1.29, 1.82) is 0 Å². The van der Waals surface area contributed by atoms with Crippen molar-refractivity contribution >= 4 is 28.2 Å². The van der Waals surface area contributed by atoms with Gasteiger partial charge in [0.1, 0.15) is 5.00 Å². The number of thiophene rings is 1. The van der Waals surface area contributed by atoms with Crippen molar-refractivity contribution in [3.63, 3.8) is 0 Å². The first kappa shape index (κ1) is 19.3. The SMILES string of the molecule is COC(=O)c1c(NC(=O)CCN2C[C@H](C)O[C@@H](C)C2)sc2c1CCCC2. The molecule has 0 bridgehead atoms. The van der Waals surface area contributed by atoms with Gasteiger partial charge in [0.15, 0.2) is 0 Å². The summed E-state index contributed by atoms with van der Waals surface area (Å²) in [5, 5.41) is 3.62. The van der Waals surface area contributed by atoms with Crippen LogP contribution in [-0.2, 0) is 27.1 Å². The van der Waals surface area contributed by atoms with Crippen LogP contribution in [0.15, 0.2) is 0 Å². The number of ether oxygens (including phenoxy) is 2. The topological polar surface area (TPSA) is 67.9 Å². The predicted octanol–water partition coefficient (Wildman–Crippen LogP) is 2.85. The summed E-state index contributed by atoms with van der Waals surface area (Å²) in [7, 11) is 1.39. The number of rotatable bonds is 5. The van der Waals surface area contributed by atoms with E-state index >= 15 is 0 Å². The molecule has 1 N–H and O–H groups in total. The van der Waals surface area contributed by atoms with Crippen LogP contribution in [0.2, 0.25) is 0 Å². The van der Waals surface area contributed by atoms with Gasteiger partial charge in [-0.2, -0.15) is 0 Å². The van der Waals surface area contributed by atoms with Crippen LogP contribution in [0.3, 0.4) is 0 Å². The first-order valence-electron chi connectivity index (χ1n) is 9.38. The Morgan fingerprint density at radius 3 is 2.62 bits per heavy atom. The minimum absolute atomic E-state index is 0.0550. The van der Waals surface area contributed by atoms with Crippen LogP contribution < -0.4 is 5.32 Å². The second kappa shape index (κ2) is 8.50. The monoisotopic (exact) mass is 380 g/mol. The molecular weight excluding hydrogens is 352 g/mol. The van der Waals surface area contributed by atoms with Crippen molar-refractivity contribution < 1.29 is 19.1 Å². The Labute approximate surface area is 158 Å². The zero-order valence-electron chi connectivity index (χ0n) is 15.8. The first-order chi connectivity index (χ1) is 12.5. The van der Waals surface area contributed by atoms with Crippen LogP contribution in [0.4, 0.5) is 5.00 Å². The van der Waals surface area contributed by atoms with Crippen molar-refractivity contribution in [2.24, 2.45) is 0 Å². The average Bonchev–Trinajstić information content (AvgIpc) is 2.96. The number of methoxy groups -OCH3 is 1. The summed E-state index contributed by atoms with van der Waals surface area (Å²) >= 11 is 1.53. The van der Waals surface area contributed by atoms with E-state index in [1.54, 1.807) is 0 Å². The molecule has 0 saturated carbocycles. The molecule has 7 heteroatoms. The molecule has 1 aliphatic heterocycles. The fourth-order valence-corrected chi connectivity index (χ4v) is 5.18. The van der Waals surface area contributed by atoms with Crippen molar-refractivity contribution in [3.8, 4) is 0 Å². The van der Waals surface area contributed by atoms with E-state index in [0.29, 0.717) is 23.5 Å². The molecule has 1 fully saturated rings. The molecule has 1 amide bonds. The summed E-state index contributed by atoms with van der Waals surface area (Å²) in [5.74, 6) is -0.406. The van der Waals surface area contributed by atoms with Crippen LogP contribution in [0.5, 0.6) is 0 Å². The maximum absolute atomic E-state index is 12.5. The number of fused-ring (bicyclic) bond motifs is 1. The van der Waals surface area contributed by atoms with Crippen molar-refractivity contribution in [2.45, 2.75) is 58.2 Å². The van der Waals surface area contributed by atoms with E-state index in [-0.39, 0.29) is 24.1 Å². The molecule has 0 spiro atoms. The number of anilines is 1.